The molecule has 0 amide bonds. The van der Waals surface area contributed by atoms with Crippen LogP contribution in [0.1, 0.15) is 25.7 Å². The van der Waals surface area contributed by atoms with Crippen LogP contribution in [-0.2, 0) is 0 Å². The number of rotatable bonds is 2. The number of halogens is 1. The predicted octanol–water partition coefficient (Wildman–Crippen LogP) is 3.17. The van der Waals surface area contributed by atoms with E-state index in [0.717, 1.165) is 5.69 Å². The second-order valence-corrected chi connectivity index (χ2v) is 3.68. The van der Waals surface area contributed by atoms with Gasteiger partial charge in [0.1, 0.15) is 5.75 Å². The van der Waals surface area contributed by atoms with Crippen molar-refractivity contribution in [1.82, 2.24) is 0 Å². The van der Waals surface area contributed by atoms with Crippen molar-refractivity contribution in [2.45, 2.75) is 31.7 Å². The maximum atomic E-state index is 9.25. The smallest absolute Gasteiger partial charge is 0.117 e. The minimum Gasteiger partial charge on any atom is -0.508 e. The van der Waals surface area contributed by atoms with Gasteiger partial charge in [-0.3, -0.25) is 0 Å². The SMILES string of the molecule is Cl.Oc1cccc(NC2CCCC2)c1. The van der Waals surface area contributed by atoms with E-state index in [1.54, 1.807) is 12.1 Å². The average Bonchev–Trinajstić information content (AvgIpc) is 2.57. The molecule has 3 heteroatoms. The van der Waals surface area contributed by atoms with Gasteiger partial charge in [0, 0.05) is 17.8 Å². The van der Waals surface area contributed by atoms with Crippen molar-refractivity contribution in [1.29, 1.82) is 0 Å². The third-order valence-electron chi connectivity index (χ3n) is 2.57. The average molecular weight is 214 g/mol. The minimum atomic E-state index is 0. The molecule has 0 aromatic heterocycles. The van der Waals surface area contributed by atoms with E-state index >= 15 is 0 Å². The van der Waals surface area contributed by atoms with Gasteiger partial charge in [0.25, 0.3) is 0 Å². The zero-order chi connectivity index (χ0) is 9.10. The Bertz CT molecular complexity index is 284. The fraction of sp³-hybridized carbons (Fsp3) is 0.455. The van der Waals surface area contributed by atoms with E-state index in [9.17, 15) is 5.11 Å². The summed E-state index contributed by atoms with van der Waals surface area (Å²) in [7, 11) is 0. The molecule has 0 atom stereocenters. The molecule has 0 spiro atoms. The summed E-state index contributed by atoms with van der Waals surface area (Å²) in [4.78, 5) is 0. The molecular formula is C11H16ClNO. The number of benzene rings is 1. The van der Waals surface area contributed by atoms with E-state index in [1.807, 2.05) is 12.1 Å². The highest BCUT2D eigenvalue weighted by Gasteiger charge is 2.14. The maximum Gasteiger partial charge on any atom is 0.117 e. The first-order valence-electron chi connectivity index (χ1n) is 4.90. The molecule has 1 aliphatic carbocycles. The molecule has 0 saturated heterocycles. The van der Waals surface area contributed by atoms with Gasteiger partial charge in [0.15, 0.2) is 0 Å². The first-order chi connectivity index (χ1) is 6.34. The Balaban J connectivity index is 0.000000980. The maximum absolute atomic E-state index is 9.25. The van der Waals surface area contributed by atoms with Gasteiger partial charge in [-0.2, -0.15) is 0 Å². The van der Waals surface area contributed by atoms with Crippen molar-refractivity contribution in [2.24, 2.45) is 0 Å². The Hall–Kier alpha value is -0.890. The van der Waals surface area contributed by atoms with Gasteiger partial charge in [-0.1, -0.05) is 18.9 Å². The van der Waals surface area contributed by atoms with E-state index in [4.69, 9.17) is 0 Å². The van der Waals surface area contributed by atoms with Crippen LogP contribution in [0, 0.1) is 0 Å². The molecule has 0 heterocycles. The summed E-state index contributed by atoms with van der Waals surface area (Å²) in [5.41, 5.74) is 1.03. The lowest BCUT2D eigenvalue weighted by molar-refractivity contribution is 0.475. The topological polar surface area (TPSA) is 32.3 Å². The van der Waals surface area contributed by atoms with Crippen LogP contribution in [0.25, 0.3) is 0 Å². The third-order valence-corrected chi connectivity index (χ3v) is 2.57. The largest absolute Gasteiger partial charge is 0.508 e. The lowest BCUT2D eigenvalue weighted by Crippen LogP contribution is -2.14. The third kappa shape index (κ3) is 2.81. The molecule has 2 rings (SSSR count). The fourth-order valence-corrected chi connectivity index (χ4v) is 1.90. The second kappa shape index (κ2) is 5.11. The molecule has 1 aromatic carbocycles. The number of nitrogens with one attached hydrogen (secondary N) is 1. The minimum absolute atomic E-state index is 0. The molecule has 0 unspecified atom stereocenters. The van der Waals surface area contributed by atoms with E-state index in [-0.39, 0.29) is 12.4 Å². The number of hydrogen-bond acceptors (Lipinski definition) is 2. The molecule has 1 aromatic rings. The molecule has 0 radical (unpaired) electrons. The van der Waals surface area contributed by atoms with Crippen molar-refractivity contribution in [2.75, 3.05) is 5.32 Å². The van der Waals surface area contributed by atoms with Crippen LogP contribution < -0.4 is 5.32 Å². The summed E-state index contributed by atoms with van der Waals surface area (Å²) in [5.74, 6) is 0.336. The van der Waals surface area contributed by atoms with Crippen molar-refractivity contribution < 1.29 is 5.11 Å². The molecule has 1 fully saturated rings. The van der Waals surface area contributed by atoms with Gasteiger partial charge < -0.3 is 10.4 Å². The lowest BCUT2D eigenvalue weighted by Gasteiger charge is -2.13. The molecule has 0 aliphatic heterocycles. The molecule has 2 N–H and O–H groups in total. The van der Waals surface area contributed by atoms with Crippen molar-refractivity contribution in [3.8, 4) is 5.75 Å². The molecule has 2 nitrogen and oxygen atoms in total. The van der Waals surface area contributed by atoms with Gasteiger partial charge >= 0.3 is 0 Å². The van der Waals surface area contributed by atoms with Crippen LogP contribution in [0.3, 0.4) is 0 Å². The van der Waals surface area contributed by atoms with Gasteiger partial charge in [-0.05, 0) is 25.0 Å². The summed E-state index contributed by atoms with van der Waals surface area (Å²) < 4.78 is 0. The molecule has 0 bridgehead atoms. The van der Waals surface area contributed by atoms with Gasteiger partial charge in [0.05, 0.1) is 0 Å². The first kappa shape index (κ1) is 11.2. The van der Waals surface area contributed by atoms with Crippen molar-refractivity contribution >= 4 is 18.1 Å². The second-order valence-electron chi connectivity index (χ2n) is 3.68. The molecular weight excluding hydrogens is 198 g/mol. The molecule has 1 aliphatic rings. The van der Waals surface area contributed by atoms with Gasteiger partial charge in [-0.25, -0.2) is 0 Å². The fourth-order valence-electron chi connectivity index (χ4n) is 1.90. The Morgan fingerprint density at radius 3 is 2.57 bits per heavy atom. The summed E-state index contributed by atoms with van der Waals surface area (Å²) in [6.45, 7) is 0. The van der Waals surface area contributed by atoms with Crippen molar-refractivity contribution in [3.63, 3.8) is 0 Å². The van der Waals surface area contributed by atoms with Crippen LogP contribution >= 0.6 is 12.4 Å². The molecule has 78 valence electrons. The highest BCUT2D eigenvalue weighted by molar-refractivity contribution is 5.85. The van der Waals surface area contributed by atoms with Crippen LogP contribution in [0.2, 0.25) is 0 Å². The first-order valence-corrected chi connectivity index (χ1v) is 4.90. The quantitative estimate of drug-likeness (QED) is 0.791. The summed E-state index contributed by atoms with van der Waals surface area (Å²) in [6, 6.07) is 7.95. The Morgan fingerprint density at radius 1 is 1.21 bits per heavy atom. The molecule has 1 saturated carbocycles. The molecule has 14 heavy (non-hydrogen) atoms. The van der Waals surface area contributed by atoms with E-state index < -0.39 is 0 Å². The number of phenols is 1. The van der Waals surface area contributed by atoms with Crippen LogP contribution in [0.4, 0.5) is 5.69 Å². The van der Waals surface area contributed by atoms with Gasteiger partial charge in [0.2, 0.25) is 0 Å². The standard InChI is InChI=1S/C11H15NO.ClH/c13-11-7-3-6-10(8-11)12-9-4-1-2-5-9;/h3,6-9,12-13H,1-2,4-5H2;1H. The zero-order valence-corrected chi connectivity index (χ0v) is 8.89. The number of hydrogen-bond donors (Lipinski definition) is 2. The summed E-state index contributed by atoms with van der Waals surface area (Å²) in [6.07, 6.45) is 5.18. The highest BCUT2D eigenvalue weighted by atomic mass is 35.5. The van der Waals surface area contributed by atoms with Crippen LogP contribution in [0.5, 0.6) is 5.75 Å². The van der Waals surface area contributed by atoms with Crippen LogP contribution in [-0.4, -0.2) is 11.1 Å². The van der Waals surface area contributed by atoms with Gasteiger partial charge in [-0.15, -0.1) is 12.4 Å². The highest BCUT2D eigenvalue weighted by Crippen LogP contribution is 2.23. The zero-order valence-electron chi connectivity index (χ0n) is 8.07. The number of phenolic OH excluding ortho intramolecular Hbond substituents is 1. The van der Waals surface area contributed by atoms with E-state index in [1.165, 1.54) is 25.7 Å². The Kier molecular flexibility index (Phi) is 4.08. The Morgan fingerprint density at radius 2 is 1.93 bits per heavy atom. The van der Waals surface area contributed by atoms with E-state index in [0.29, 0.717) is 11.8 Å². The summed E-state index contributed by atoms with van der Waals surface area (Å²) in [5, 5.41) is 12.7. The van der Waals surface area contributed by atoms with E-state index in [2.05, 4.69) is 5.32 Å². The van der Waals surface area contributed by atoms with Crippen LogP contribution in [0.15, 0.2) is 24.3 Å². The Labute approximate surface area is 90.7 Å². The van der Waals surface area contributed by atoms with Crippen molar-refractivity contribution in [3.05, 3.63) is 24.3 Å². The monoisotopic (exact) mass is 213 g/mol. The lowest BCUT2D eigenvalue weighted by atomic mass is 10.2. The predicted molar refractivity (Wildman–Crippen MR) is 61.2 cm³/mol. The normalized spacial score (nSPS) is 16.3. The number of anilines is 1. The summed E-state index contributed by atoms with van der Waals surface area (Å²) >= 11 is 0. The number of aromatic hydroxyl groups is 1.